The molecule has 4 heteroatoms. The number of fused-ring (bicyclic) bond motifs is 5. The van der Waals surface area contributed by atoms with Gasteiger partial charge in [0.1, 0.15) is 0 Å². The average Bonchev–Trinajstić information content (AvgIpc) is 3.08. The zero-order chi connectivity index (χ0) is 22.6. The van der Waals surface area contributed by atoms with Gasteiger partial charge in [0, 0.05) is 13.5 Å². The number of amides is 1. The van der Waals surface area contributed by atoms with Crippen LogP contribution in [0.3, 0.4) is 0 Å². The minimum Gasteiger partial charge on any atom is -0.390 e. The molecule has 1 amide bonds. The molecule has 0 spiro atoms. The first-order valence-corrected chi connectivity index (χ1v) is 12.8. The molecular formula is C27H45NO3. The molecular weight excluding hydrogens is 386 g/mol. The third kappa shape index (κ3) is 3.90. The molecule has 4 aliphatic rings. The lowest BCUT2D eigenvalue weighted by Crippen LogP contribution is -2.50. The van der Waals surface area contributed by atoms with Crippen LogP contribution in [-0.2, 0) is 9.63 Å². The van der Waals surface area contributed by atoms with E-state index in [4.69, 9.17) is 4.84 Å². The fourth-order valence-corrected chi connectivity index (χ4v) is 8.49. The van der Waals surface area contributed by atoms with Crippen LogP contribution in [0.2, 0.25) is 0 Å². The summed E-state index contributed by atoms with van der Waals surface area (Å²) in [7, 11) is 3.26. The van der Waals surface area contributed by atoms with Crippen LogP contribution in [0.5, 0.6) is 0 Å². The van der Waals surface area contributed by atoms with Crippen molar-refractivity contribution < 1.29 is 14.7 Å². The molecule has 1 unspecified atom stereocenters. The monoisotopic (exact) mass is 431 g/mol. The van der Waals surface area contributed by atoms with Crippen molar-refractivity contribution in [2.75, 3.05) is 14.2 Å². The summed E-state index contributed by atoms with van der Waals surface area (Å²) in [4.78, 5) is 17.3. The van der Waals surface area contributed by atoms with Crippen LogP contribution >= 0.6 is 0 Å². The second kappa shape index (κ2) is 8.17. The van der Waals surface area contributed by atoms with Gasteiger partial charge >= 0.3 is 0 Å². The Morgan fingerprint density at radius 3 is 2.68 bits per heavy atom. The molecule has 4 rings (SSSR count). The molecule has 0 saturated heterocycles. The van der Waals surface area contributed by atoms with Crippen molar-refractivity contribution in [3.8, 4) is 0 Å². The van der Waals surface area contributed by atoms with Crippen molar-refractivity contribution in [1.82, 2.24) is 5.06 Å². The minimum atomic E-state index is -0.469. The Morgan fingerprint density at radius 2 is 1.97 bits per heavy atom. The standard InChI is InChI=1S/C27H45NO3/c1-18(7-12-24(29)28(5)31-6)21-10-11-22-20-9-8-19-17-25(2,30)15-16-26(19,3)23(20)13-14-27(21,22)4/h13,18-22,30H,7-12,14-17H2,1-6H3/t18-,19+,20+,21?,22+,25+,26+,27-/m1/s1. The van der Waals surface area contributed by atoms with Crippen LogP contribution in [0, 0.1) is 40.4 Å². The highest BCUT2D eigenvalue weighted by Gasteiger charge is 2.58. The maximum atomic E-state index is 12.2. The molecule has 4 aliphatic carbocycles. The molecule has 0 aromatic carbocycles. The average molecular weight is 432 g/mol. The molecule has 3 saturated carbocycles. The first kappa shape index (κ1) is 23.3. The molecule has 1 N–H and O–H groups in total. The number of hydrogen-bond donors (Lipinski definition) is 1. The second-order valence-electron chi connectivity index (χ2n) is 12.2. The summed E-state index contributed by atoms with van der Waals surface area (Å²) >= 11 is 0. The SMILES string of the molecule is CON(C)C(=O)CC[C@@H](C)C1CC[C@H]2[C@@H]3CC[C@H]4C[C@@](C)(O)CC[C@]4(C)C3=CC[C@]12C. The molecule has 4 nitrogen and oxygen atoms in total. The minimum absolute atomic E-state index is 0.0827. The summed E-state index contributed by atoms with van der Waals surface area (Å²) in [5.41, 5.74) is 1.95. The van der Waals surface area contributed by atoms with E-state index in [9.17, 15) is 9.90 Å². The van der Waals surface area contributed by atoms with Crippen molar-refractivity contribution in [1.29, 1.82) is 0 Å². The van der Waals surface area contributed by atoms with E-state index in [1.54, 1.807) is 19.7 Å². The number of carbonyl (C=O) groups is 1. The molecule has 0 aromatic heterocycles. The van der Waals surface area contributed by atoms with Crippen molar-refractivity contribution in [2.45, 2.75) is 97.5 Å². The number of aliphatic hydroxyl groups is 1. The van der Waals surface area contributed by atoms with E-state index in [2.05, 4.69) is 26.8 Å². The Kier molecular flexibility index (Phi) is 6.14. The Balaban J connectivity index is 1.49. The Morgan fingerprint density at radius 1 is 1.23 bits per heavy atom. The molecule has 0 heterocycles. The first-order valence-electron chi connectivity index (χ1n) is 12.8. The van der Waals surface area contributed by atoms with Crippen LogP contribution in [-0.4, -0.2) is 35.8 Å². The van der Waals surface area contributed by atoms with E-state index in [1.165, 1.54) is 37.2 Å². The lowest BCUT2D eigenvalue weighted by atomic mass is 9.47. The maximum Gasteiger partial charge on any atom is 0.245 e. The smallest absolute Gasteiger partial charge is 0.245 e. The van der Waals surface area contributed by atoms with Crippen molar-refractivity contribution in [3.05, 3.63) is 11.6 Å². The van der Waals surface area contributed by atoms with Gasteiger partial charge in [-0.25, -0.2) is 5.06 Å². The van der Waals surface area contributed by atoms with Gasteiger partial charge in [0.2, 0.25) is 5.91 Å². The number of allylic oxidation sites excluding steroid dienone is 2. The van der Waals surface area contributed by atoms with Gasteiger partial charge in [-0.3, -0.25) is 9.63 Å². The van der Waals surface area contributed by atoms with Gasteiger partial charge in [-0.05, 0) is 105 Å². The third-order valence-electron chi connectivity index (χ3n) is 10.5. The lowest BCUT2D eigenvalue weighted by Gasteiger charge is -2.58. The van der Waals surface area contributed by atoms with Crippen molar-refractivity contribution in [3.63, 3.8) is 0 Å². The van der Waals surface area contributed by atoms with Crippen LogP contribution in [0.4, 0.5) is 0 Å². The highest BCUT2D eigenvalue weighted by Crippen LogP contribution is 2.67. The first-order chi connectivity index (χ1) is 14.5. The predicted molar refractivity (Wildman–Crippen MR) is 124 cm³/mol. The number of hydrogen-bond acceptors (Lipinski definition) is 3. The summed E-state index contributed by atoms with van der Waals surface area (Å²) in [5, 5.41) is 12.1. The summed E-state index contributed by atoms with van der Waals surface area (Å²) in [6.45, 7) is 9.49. The molecule has 0 bridgehead atoms. The van der Waals surface area contributed by atoms with Crippen LogP contribution in [0.15, 0.2) is 11.6 Å². The topological polar surface area (TPSA) is 49.8 Å². The summed E-state index contributed by atoms with van der Waals surface area (Å²) in [6.07, 6.45) is 13.7. The summed E-state index contributed by atoms with van der Waals surface area (Å²) in [6, 6.07) is 0. The van der Waals surface area contributed by atoms with Gasteiger partial charge in [-0.2, -0.15) is 0 Å². The van der Waals surface area contributed by atoms with E-state index in [0.717, 1.165) is 37.5 Å². The largest absolute Gasteiger partial charge is 0.390 e. The van der Waals surface area contributed by atoms with E-state index in [1.807, 2.05) is 6.92 Å². The number of carbonyl (C=O) groups excluding carboxylic acids is 1. The number of hydroxylamine groups is 2. The van der Waals surface area contributed by atoms with Gasteiger partial charge in [-0.1, -0.05) is 32.4 Å². The Labute approximate surface area is 189 Å². The van der Waals surface area contributed by atoms with Gasteiger partial charge in [0.15, 0.2) is 0 Å². The Hall–Kier alpha value is -0.870. The molecule has 176 valence electrons. The zero-order valence-electron chi connectivity index (χ0n) is 20.7. The lowest BCUT2D eigenvalue weighted by molar-refractivity contribution is -0.169. The Bertz CT molecular complexity index is 730. The quantitative estimate of drug-likeness (QED) is 0.445. The fraction of sp³-hybridized carbons (Fsp3) is 0.889. The summed E-state index contributed by atoms with van der Waals surface area (Å²) < 4.78 is 0. The summed E-state index contributed by atoms with van der Waals surface area (Å²) in [5.74, 6) is 3.52. The fourth-order valence-electron chi connectivity index (χ4n) is 8.49. The van der Waals surface area contributed by atoms with Gasteiger partial charge in [0.05, 0.1) is 12.7 Å². The molecule has 31 heavy (non-hydrogen) atoms. The zero-order valence-corrected chi connectivity index (χ0v) is 20.7. The van der Waals surface area contributed by atoms with Gasteiger partial charge < -0.3 is 5.11 Å². The molecule has 0 radical (unpaired) electrons. The van der Waals surface area contributed by atoms with E-state index in [0.29, 0.717) is 35.0 Å². The third-order valence-corrected chi connectivity index (χ3v) is 10.5. The van der Waals surface area contributed by atoms with Crippen molar-refractivity contribution in [2.24, 2.45) is 40.4 Å². The van der Waals surface area contributed by atoms with E-state index < -0.39 is 5.60 Å². The van der Waals surface area contributed by atoms with Crippen LogP contribution in [0.25, 0.3) is 0 Å². The second-order valence-corrected chi connectivity index (χ2v) is 12.2. The van der Waals surface area contributed by atoms with Gasteiger partial charge in [0.25, 0.3) is 0 Å². The molecule has 8 atom stereocenters. The van der Waals surface area contributed by atoms with E-state index in [-0.39, 0.29) is 5.91 Å². The predicted octanol–water partition coefficient (Wildman–Crippen LogP) is 5.75. The van der Waals surface area contributed by atoms with Crippen molar-refractivity contribution >= 4 is 5.91 Å². The molecule has 0 aliphatic heterocycles. The van der Waals surface area contributed by atoms with Crippen LogP contribution in [0.1, 0.15) is 91.9 Å². The molecule has 3 fully saturated rings. The highest BCUT2D eigenvalue weighted by atomic mass is 16.7. The highest BCUT2D eigenvalue weighted by molar-refractivity contribution is 5.74. The van der Waals surface area contributed by atoms with Gasteiger partial charge in [-0.15, -0.1) is 0 Å². The molecule has 0 aromatic rings. The number of rotatable bonds is 5. The van der Waals surface area contributed by atoms with Crippen LogP contribution < -0.4 is 0 Å². The maximum absolute atomic E-state index is 12.2. The van der Waals surface area contributed by atoms with E-state index >= 15 is 0 Å². The normalized spacial score (nSPS) is 45.2. The number of nitrogens with zero attached hydrogens (tertiary/aromatic N) is 1.